The minimum Gasteiger partial charge on any atom is -0.454 e. The van der Waals surface area contributed by atoms with Gasteiger partial charge in [-0.25, -0.2) is 9.18 Å². The maximum absolute atomic E-state index is 13.3. The first kappa shape index (κ1) is 25.1. The number of nitrogens with one attached hydrogen (secondary N) is 1. The monoisotopic (exact) mass is 477 g/mol. The van der Waals surface area contributed by atoms with Crippen molar-refractivity contribution in [3.63, 3.8) is 0 Å². The van der Waals surface area contributed by atoms with Crippen molar-refractivity contribution in [2.75, 3.05) is 18.1 Å². The van der Waals surface area contributed by atoms with E-state index in [9.17, 15) is 23.6 Å². The molecule has 0 spiro atoms. The standard InChI is InChI=1S/C26H24FN3O5/c27-20-11-13-21(14-12-20)30(16-15-22(28)31)23(32)17-35-26(34)24(18-7-3-1-4-8-18)29-25(33)19-9-5-2-6-10-19/h1-14,24H,15-17H2,(H2,28,31)(H,29,33). The minimum atomic E-state index is -1.17. The van der Waals surface area contributed by atoms with Crippen molar-refractivity contribution in [1.82, 2.24) is 5.32 Å². The second-order valence-corrected chi connectivity index (χ2v) is 7.53. The molecule has 0 heterocycles. The normalized spacial score (nSPS) is 11.2. The fraction of sp³-hybridized carbons (Fsp3) is 0.154. The molecule has 0 aliphatic carbocycles. The number of primary amides is 1. The minimum absolute atomic E-state index is 0.0792. The molecule has 0 saturated carbocycles. The van der Waals surface area contributed by atoms with Crippen molar-refractivity contribution in [2.24, 2.45) is 5.73 Å². The van der Waals surface area contributed by atoms with Crippen molar-refractivity contribution in [2.45, 2.75) is 12.5 Å². The van der Waals surface area contributed by atoms with Crippen LogP contribution in [-0.4, -0.2) is 36.8 Å². The summed E-state index contributed by atoms with van der Waals surface area (Å²) in [4.78, 5) is 50.9. The second kappa shape index (κ2) is 12.1. The van der Waals surface area contributed by atoms with Gasteiger partial charge in [-0.1, -0.05) is 48.5 Å². The molecule has 0 saturated heterocycles. The number of ether oxygens (including phenoxy) is 1. The van der Waals surface area contributed by atoms with Crippen LogP contribution in [0.25, 0.3) is 0 Å². The molecule has 9 heteroatoms. The van der Waals surface area contributed by atoms with Gasteiger partial charge in [0.25, 0.3) is 11.8 Å². The molecule has 3 amide bonds. The lowest BCUT2D eigenvalue weighted by Gasteiger charge is -2.23. The molecule has 0 radical (unpaired) electrons. The highest BCUT2D eigenvalue weighted by atomic mass is 19.1. The number of benzene rings is 3. The molecule has 0 bridgehead atoms. The van der Waals surface area contributed by atoms with Gasteiger partial charge >= 0.3 is 5.97 Å². The molecule has 3 N–H and O–H groups in total. The van der Waals surface area contributed by atoms with Gasteiger partial charge in [-0.2, -0.15) is 0 Å². The predicted molar refractivity (Wildman–Crippen MR) is 127 cm³/mol. The molecule has 8 nitrogen and oxygen atoms in total. The van der Waals surface area contributed by atoms with Gasteiger partial charge in [0.05, 0.1) is 0 Å². The molecule has 1 unspecified atom stereocenters. The topological polar surface area (TPSA) is 119 Å². The molecule has 0 aliphatic heterocycles. The molecule has 3 aromatic rings. The molecule has 0 fully saturated rings. The van der Waals surface area contributed by atoms with Crippen LogP contribution in [0.4, 0.5) is 10.1 Å². The van der Waals surface area contributed by atoms with Crippen LogP contribution in [0.15, 0.2) is 84.9 Å². The van der Waals surface area contributed by atoms with Crippen LogP contribution in [0.1, 0.15) is 28.4 Å². The number of amides is 3. The lowest BCUT2D eigenvalue weighted by atomic mass is 10.1. The summed E-state index contributed by atoms with van der Waals surface area (Å²) in [5, 5.41) is 2.64. The third-order valence-electron chi connectivity index (χ3n) is 5.04. The molecular weight excluding hydrogens is 453 g/mol. The van der Waals surface area contributed by atoms with E-state index in [1.165, 1.54) is 17.0 Å². The van der Waals surface area contributed by atoms with E-state index in [-0.39, 0.29) is 13.0 Å². The maximum Gasteiger partial charge on any atom is 0.333 e. The van der Waals surface area contributed by atoms with Crippen LogP contribution in [0.2, 0.25) is 0 Å². The van der Waals surface area contributed by atoms with Crippen molar-refractivity contribution >= 4 is 29.4 Å². The molecule has 3 rings (SSSR count). The number of carbonyl (C=O) groups excluding carboxylic acids is 4. The first-order valence-electron chi connectivity index (χ1n) is 10.8. The van der Waals surface area contributed by atoms with Gasteiger partial charge in [-0.15, -0.1) is 0 Å². The average molecular weight is 477 g/mol. The average Bonchev–Trinajstić information content (AvgIpc) is 2.87. The summed E-state index contributed by atoms with van der Waals surface area (Å²) in [5.74, 6) is -3.11. The zero-order valence-electron chi connectivity index (χ0n) is 18.7. The fourth-order valence-corrected chi connectivity index (χ4v) is 3.26. The number of rotatable bonds is 10. The molecule has 180 valence electrons. The molecule has 0 aromatic heterocycles. The third-order valence-corrected chi connectivity index (χ3v) is 5.04. The Morgan fingerprint density at radius 2 is 1.49 bits per heavy atom. The summed E-state index contributed by atoms with van der Waals surface area (Å²) >= 11 is 0. The highest BCUT2D eigenvalue weighted by molar-refractivity contribution is 5.98. The van der Waals surface area contributed by atoms with Gasteiger partial charge in [-0.3, -0.25) is 14.4 Å². The molecule has 35 heavy (non-hydrogen) atoms. The Bertz CT molecular complexity index is 1170. The summed E-state index contributed by atoms with van der Waals surface area (Å²) in [6, 6.07) is 20.7. The van der Waals surface area contributed by atoms with Crippen LogP contribution in [0.5, 0.6) is 0 Å². The summed E-state index contributed by atoms with van der Waals surface area (Å²) in [7, 11) is 0. The highest BCUT2D eigenvalue weighted by Crippen LogP contribution is 2.18. The lowest BCUT2D eigenvalue weighted by Crippen LogP contribution is -2.39. The number of nitrogens with two attached hydrogens (primary N) is 1. The number of hydrogen-bond donors (Lipinski definition) is 2. The summed E-state index contributed by atoms with van der Waals surface area (Å²) in [6.45, 7) is -0.746. The van der Waals surface area contributed by atoms with Crippen molar-refractivity contribution in [3.05, 3.63) is 102 Å². The van der Waals surface area contributed by atoms with E-state index >= 15 is 0 Å². The molecule has 1 atom stereocenters. The van der Waals surface area contributed by atoms with E-state index < -0.39 is 42.2 Å². The lowest BCUT2D eigenvalue weighted by molar-refractivity contribution is -0.150. The van der Waals surface area contributed by atoms with E-state index in [1.807, 2.05) is 0 Å². The van der Waals surface area contributed by atoms with Crippen LogP contribution in [0, 0.1) is 5.82 Å². The zero-order valence-corrected chi connectivity index (χ0v) is 18.7. The van der Waals surface area contributed by atoms with Crippen LogP contribution < -0.4 is 16.0 Å². The summed E-state index contributed by atoms with van der Waals surface area (Å²) in [5.41, 5.74) is 6.34. The Labute approximate surface area is 201 Å². The summed E-state index contributed by atoms with van der Waals surface area (Å²) < 4.78 is 18.6. The smallest absolute Gasteiger partial charge is 0.333 e. The van der Waals surface area contributed by atoms with E-state index in [2.05, 4.69) is 5.32 Å². The van der Waals surface area contributed by atoms with Crippen LogP contribution in [0.3, 0.4) is 0 Å². The highest BCUT2D eigenvalue weighted by Gasteiger charge is 2.27. The van der Waals surface area contributed by atoms with Crippen molar-refractivity contribution in [3.8, 4) is 0 Å². The Kier molecular flexibility index (Phi) is 8.66. The van der Waals surface area contributed by atoms with Crippen molar-refractivity contribution < 1.29 is 28.3 Å². The molecule has 0 aliphatic rings. The number of nitrogens with zero attached hydrogens (tertiary/aromatic N) is 1. The predicted octanol–water partition coefficient (Wildman–Crippen LogP) is 2.75. The Morgan fingerprint density at radius 3 is 2.09 bits per heavy atom. The van der Waals surface area contributed by atoms with E-state index in [1.54, 1.807) is 60.7 Å². The van der Waals surface area contributed by atoms with Gasteiger partial charge in [0.2, 0.25) is 5.91 Å². The van der Waals surface area contributed by atoms with Gasteiger partial charge in [0.15, 0.2) is 12.6 Å². The molecule has 3 aromatic carbocycles. The third kappa shape index (κ3) is 7.23. The number of carbonyl (C=O) groups is 4. The first-order chi connectivity index (χ1) is 16.8. The Balaban J connectivity index is 1.74. The fourth-order valence-electron chi connectivity index (χ4n) is 3.26. The Hall–Kier alpha value is -4.53. The van der Waals surface area contributed by atoms with Crippen molar-refractivity contribution in [1.29, 1.82) is 0 Å². The number of anilines is 1. The zero-order chi connectivity index (χ0) is 25.2. The van der Waals surface area contributed by atoms with E-state index in [0.29, 0.717) is 16.8 Å². The van der Waals surface area contributed by atoms with Gasteiger partial charge in [0.1, 0.15) is 5.82 Å². The van der Waals surface area contributed by atoms with Crippen LogP contribution in [-0.2, 0) is 19.1 Å². The van der Waals surface area contributed by atoms with Gasteiger partial charge in [0, 0.05) is 24.2 Å². The summed E-state index contributed by atoms with van der Waals surface area (Å²) in [6.07, 6.45) is -0.142. The first-order valence-corrected chi connectivity index (χ1v) is 10.8. The number of hydrogen-bond acceptors (Lipinski definition) is 5. The van der Waals surface area contributed by atoms with E-state index in [0.717, 1.165) is 12.1 Å². The van der Waals surface area contributed by atoms with Gasteiger partial charge < -0.3 is 20.7 Å². The molecular formula is C26H24FN3O5. The van der Waals surface area contributed by atoms with Gasteiger partial charge in [-0.05, 0) is 42.0 Å². The number of esters is 1. The quantitative estimate of drug-likeness (QED) is 0.435. The van der Waals surface area contributed by atoms with E-state index in [4.69, 9.17) is 10.5 Å². The van der Waals surface area contributed by atoms with Crippen LogP contribution >= 0.6 is 0 Å². The number of halogens is 1. The second-order valence-electron chi connectivity index (χ2n) is 7.53. The largest absolute Gasteiger partial charge is 0.454 e. The Morgan fingerprint density at radius 1 is 0.886 bits per heavy atom. The maximum atomic E-state index is 13.3. The SMILES string of the molecule is NC(=O)CCN(C(=O)COC(=O)C(NC(=O)c1ccccc1)c1ccccc1)c1ccc(F)cc1.